The average molecular weight is 480 g/mol. The lowest BCUT2D eigenvalue weighted by molar-refractivity contribution is -0.137. The van der Waals surface area contributed by atoms with Crippen molar-refractivity contribution in [2.24, 2.45) is 5.92 Å². The molecule has 0 N–H and O–H groups in total. The van der Waals surface area contributed by atoms with Gasteiger partial charge in [0.1, 0.15) is 5.56 Å². The maximum absolute atomic E-state index is 13.8. The smallest absolute Gasteiger partial charge is 0.259 e. The van der Waals surface area contributed by atoms with Gasteiger partial charge >= 0.3 is 0 Å². The van der Waals surface area contributed by atoms with Crippen LogP contribution in [0.15, 0.2) is 85.3 Å². The Bertz CT molecular complexity index is 1380. The number of rotatable bonds is 4. The third kappa shape index (κ3) is 4.11. The van der Waals surface area contributed by atoms with E-state index in [0.717, 1.165) is 31.5 Å². The number of carbonyl (C=O) groups excluding carboxylic acids is 2. The van der Waals surface area contributed by atoms with Crippen LogP contribution in [0.4, 0.5) is 0 Å². The highest BCUT2D eigenvalue weighted by molar-refractivity contribution is 5.97. The zero-order chi connectivity index (χ0) is 24.5. The maximum Gasteiger partial charge on any atom is 0.259 e. The van der Waals surface area contributed by atoms with E-state index in [1.54, 1.807) is 10.9 Å². The second kappa shape index (κ2) is 9.49. The van der Waals surface area contributed by atoms with Crippen molar-refractivity contribution in [1.82, 2.24) is 24.1 Å². The van der Waals surface area contributed by atoms with E-state index in [9.17, 15) is 9.59 Å². The Morgan fingerprint density at radius 1 is 0.833 bits per heavy atom. The van der Waals surface area contributed by atoms with Gasteiger partial charge < -0.3 is 14.4 Å². The number of likely N-dealkylation sites (tertiary alicyclic amines) is 1. The van der Waals surface area contributed by atoms with Gasteiger partial charge in [0.25, 0.3) is 5.91 Å². The fourth-order valence-electron chi connectivity index (χ4n) is 5.45. The first-order chi connectivity index (χ1) is 17.7. The SMILES string of the molecule is O=C(c1cnn(-c2ccccc2)c1-n1cccc1)N1CCC[C@H](C(=O)N2CCc3ccccc3C2)C1. The molecule has 7 nitrogen and oxygen atoms in total. The second-order valence-electron chi connectivity index (χ2n) is 9.59. The molecule has 2 aliphatic rings. The normalized spacial score (nSPS) is 17.6. The van der Waals surface area contributed by atoms with Crippen LogP contribution < -0.4 is 0 Å². The third-order valence-corrected chi connectivity index (χ3v) is 7.32. The summed E-state index contributed by atoms with van der Waals surface area (Å²) in [6.07, 6.45) is 8.01. The summed E-state index contributed by atoms with van der Waals surface area (Å²) in [7, 11) is 0. The molecule has 2 aromatic heterocycles. The van der Waals surface area contributed by atoms with Crippen molar-refractivity contribution in [3.8, 4) is 11.5 Å². The Kier molecular flexibility index (Phi) is 5.89. The summed E-state index contributed by atoms with van der Waals surface area (Å²) in [6, 6.07) is 22.0. The average Bonchev–Trinajstić information content (AvgIpc) is 3.63. The van der Waals surface area contributed by atoms with E-state index < -0.39 is 0 Å². The molecule has 6 rings (SSSR count). The van der Waals surface area contributed by atoms with Gasteiger partial charge in [-0.3, -0.25) is 9.59 Å². The van der Waals surface area contributed by atoms with Gasteiger partial charge in [-0.05, 0) is 54.7 Å². The first-order valence-corrected chi connectivity index (χ1v) is 12.6. The van der Waals surface area contributed by atoms with Gasteiger partial charge in [-0.25, -0.2) is 4.68 Å². The summed E-state index contributed by atoms with van der Waals surface area (Å²) in [6.45, 7) is 2.48. The lowest BCUT2D eigenvalue weighted by Crippen LogP contribution is -2.47. The summed E-state index contributed by atoms with van der Waals surface area (Å²) in [5.74, 6) is 0.611. The van der Waals surface area contributed by atoms with Gasteiger partial charge in [0.2, 0.25) is 5.91 Å². The Morgan fingerprint density at radius 3 is 2.39 bits per heavy atom. The molecule has 1 fully saturated rings. The van der Waals surface area contributed by atoms with E-state index in [1.165, 1.54) is 11.1 Å². The van der Waals surface area contributed by atoms with Gasteiger partial charge in [0, 0.05) is 38.6 Å². The number of para-hydroxylation sites is 1. The predicted octanol–water partition coefficient (Wildman–Crippen LogP) is 4.10. The lowest BCUT2D eigenvalue weighted by Gasteiger charge is -2.36. The zero-order valence-electron chi connectivity index (χ0n) is 20.2. The van der Waals surface area contributed by atoms with Gasteiger partial charge in [-0.2, -0.15) is 5.10 Å². The van der Waals surface area contributed by atoms with E-state index in [2.05, 4.69) is 23.3 Å². The molecule has 0 aliphatic carbocycles. The molecule has 4 aromatic rings. The van der Waals surface area contributed by atoms with Crippen LogP contribution in [0.25, 0.3) is 11.5 Å². The van der Waals surface area contributed by atoms with Gasteiger partial charge in [0.05, 0.1) is 17.8 Å². The van der Waals surface area contributed by atoms with Crippen LogP contribution in [0.3, 0.4) is 0 Å². The van der Waals surface area contributed by atoms with Crippen LogP contribution in [0.2, 0.25) is 0 Å². The first-order valence-electron chi connectivity index (χ1n) is 12.6. The van der Waals surface area contributed by atoms with E-state index in [-0.39, 0.29) is 17.7 Å². The highest BCUT2D eigenvalue weighted by atomic mass is 16.2. The molecule has 4 heterocycles. The van der Waals surface area contributed by atoms with E-state index in [4.69, 9.17) is 0 Å². The molecule has 0 saturated carbocycles. The van der Waals surface area contributed by atoms with Crippen molar-refractivity contribution in [2.45, 2.75) is 25.8 Å². The summed E-state index contributed by atoms with van der Waals surface area (Å²) in [5.41, 5.74) is 3.98. The van der Waals surface area contributed by atoms with Crippen molar-refractivity contribution in [3.63, 3.8) is 0 Å². The number of benzene rings is 2. The number of fused-ring (bicyclic) bond motifs is 1. The molecule has 2 aromatic carbocycles. The Morgan fingerprint density at radius 2 is 1.58 bits per heavy atom. The van der Waals surface area contributed by atoms with Crippen LogP contribution >= 0.6 is 0 Å². The largest absolute Gasteiger partial charge is 0.338 e. The van der Waals surface area contributed by atoms with Crippen molar-refractivity contribution < 1.29 is 9.59 Å². The minimum absolute atomic E-state index is 0.0811. The van der Waals surface area contributed by atoms with Gasteiger partial charge in [-0.15, -0.1) is 0 Å². The van der Waals surface area contributed by atoms with Crippen LogP contribution in [-0.2, 0) is 17.8 Å². The number of nitrogens with zero attached hydrogens (tertiary/aromatic N) is 5. The Balaban J connectivity index is 1.24. The number of aromatic nitrogens is 3. The number of carbonyl (C=O) groups is 2. The molecule has 0 radical (unpaired) electrons. The van der Waals surface area contributed by atoms with Crippen molar-refractivity contribution >= 4 is 11.8 Å². The molecule has 0 bridgehead atoms. The summed E-state index contributed by atoms with van der Waals surface area (Å²) in [4.78, 5) is 31.1. The minimum Gasteiger partial charge on any atom is -0.338 e. The molecule has 0 unspecified atom stereocenters. The number of amides is 2. The van der Waals surface area contributed by atoms with Crippen LogP contribution in [-0.4, -0.2) is 55.6 Å². The Hall–Kier alpha value is -4.13. The third-order valence-electron chi connectivity index (χ3n) is 7.32. The summed E-state index contributed by atoms with van der Waals surface area (Å²) >= 11 is 0. The van der Waals surface area contributed by atoms with Crippen molar-refractivity contribution in [2.75, 3.05) is 19.6 Å². The van der Waals surface area contributed by atoms with Crippen LogP contribution in [0.5, 0.6) is 0 Å². The summed E-state index contributed by atoms with van der Waals surface area (Å²) < 4.78 is 3.72. The highest BCUT2D eigenvalue weighted by Crippen LogP contribution is 2.27. The van der Waals surface area contributed by atoms with Crippen LogP contribution in [0, 0.1) is 5.92 Å². The molecule has 1 atom stereocenters. The molecule has 1 saturated heterocycles. The van der Waals surface area contributed by atoms with Gasteiger partial charge in [0.15, 0.2) is 5.82 Å². The molecular formula is C29H29N5O2. The van der Waals surface area contributed by atoms with Crippen LogP contribution in [0.1, 0.15) is 34.3 Å². The second-order valence-corrected chi connectivity index (χ2v) is 9.59. The minimum atomic E-state index is -0.174. The Labute approximate surface area is 210 Å². The molecule has 2 aliphatic heterocycles. The van der Waals surface area contributed by atoms with E-state index in [0.29, 0.717) is 31.0 Å². The maximum atomic E-state index is 13.8. The predicted molar refractivity (Wildman–Crippen MR) is 137 cm³/mol. The number of piperidine rings is 1. The van der Waals surface area contributed by atoms with Crippen molar-refractivity contribution in [3.05, 3.63) is 102 Å². The quantitative estimate of drug-likeness (QED) is 0.443. The number of hydrogen-bond donors (Lipinski definition) is 0. The topological polar surface area (TPSA) is 63.4 Å². The molecular weight excluding hydrogens is 450 g/mol. The standard InChI is InChI=1S/C29H29N5O2/c35-28(33-18-14-22-9-4-5-10-23(22)20-33)24-11-8-17-32(21-24)29(36)26-19-30-34(25-12-2-1-3-13-25)27(26)31-15-6-7-16-31/h1-7,9-10,12-13,15-16,19,24H,8,11,14,17-18,20-21H2/t24-/m0/s1. The molecule has 0 spiro atoms. The van der Waals surface area contributed by atoms with E-state index in [1.807, 2.05) is 75.3 Å². The molecule has 2 amide bonds. The fraction of sp³-hybridized carbons (Fsp3) is 0.276. The number of hydrogen-bond acceptors (Lipinski definition) is 3. The molecule has 182 valence electrons. The lowest BCUT2D eigenvalue weighted by atomic mass is 9.93. The van der Waals surface area contributed by atoms with Crippen molar-refractivity contribution in [1.29, 1.82) is 0 Å². The fourth-order valence-corrected chi connectivity index (χ4v) is 5.45. The molecule has 36 heavy (non-hydrogen) atoms. The van der Waals surface area contributed by atoms with E-state index >= 15 is 0 Å². The monoisotopic (exact) mass is 479 g/mol. The van der Waals surface area contributed by atoms with Gasteiger partial charge in [-0.1, -0.05) is 42.5 Å². The zero-order valence-corrected chi connectivity index (χ0v) is 20.2. The molecule has 7 heteroatoms. The highest BCUT2D eigenvalue weighted by Gasteiger charge is 2.34. The first kappa shape index (κ1) is 22.3. The summed E-state index contributed by atoms with van der Waals surface area (Å²) in [5, 5.41) is 4.58.